The van der Waals surface area contributed by atoms with Crippen molar-refractivity contribution in [3.63, 3.8) is 0 Å². The normalized spacial score (nSPS) is 12.0. The Kier molecular flexibility index (Phi) is 3.65. The second kappa shape index (κ2) is 5.77. The lowest BCUT2D eigenvalue weighted by Gasteiger charge is -2.14. The zero-order valence-corrected chi connectivity index (χ0v) is 15.5. The van der Waals surface area contributed by atoms with Gasteiger partial charge in [0.05, 0.1) is 0 Å². The molecule has 4 heteroatoms. The minimum atomic E-state index is -0.525. The molecule has 0 saturated carbocycles. The summed E-state index contributed by atoms with van der Waals surface area (Å²) in [4.78, 5) is 11.9. The Bertz CT molecular complexity index is 1080. The third-order valence-corrected chi connectivity index (χ3v) is 5.52. The van der Waals surface area contributed by atoms with Crippen LogP contribution in [0, 0.1) is 27.7 Å². The van der Waals surface area contributed by atoms with Crippen LogP contribution < -0.4 is 5.73 Å². The van der Waals surface area contributed by atoms with Crippen LogP contribution in [0.3, 0.4) is 0 Å². The van der Waals surface area contributed by atoms with Crippen LogP contribution in [0.15, 0.2) is 30.3 Å². The largest absolute Gasteiger partial charge is 0.364 e. The first-order valence-corrected chi connectivity index (χ1v) is 8.75. The number of hydrogen-bond acceptors (Lipinski definition) is 3. The van der Waals surface area contributed by atoms with Crippen molar-refractivity contribution in [1.82, 2.24) is 10.2 Å². The number of hydrogen-bond donors (Lipinski definition) is 1. The number of fused-ring (bicyclic) bond motifs is 3. The third kappa shape index (κ3) is 2.33. The molecule has 0 spiro atoms. The van der Waals surface area contributed by atoms with Gasteiger partial charge < -0.3 is 5.73 Å². The molecule has 1 amide bonds. The van der Waals surface area contributed by atoms with Gasteiger partial charge in [0.25, 0.3) is 5.91 Å². The molecule has 1 aromatic heterocycles. The second-order valence-corrected chi connectivity index (χ2v) is 7.13. The number of benzene rings is 2. The first kappa shape index (κ1) is 16.5. The molecule has 0 atom stereocenters. The van der Waals surface area contributed by atoms with E-state index in [9.17, 15) is 4.79 Å². The van der Waals surface area contributed by atoms with Crippen molar-refractivity contribution in [2.75, 3.05) is 0 Å². The molecular formula is C22H21N3O. The summed E-state index contributed by atoms with van der Waals surface area (Å²) in [6.07, 6.45) is 0.664. The number of rotatable bonds is 2. The van der Waals surface area contributed by atoms with Crippen LogP contribution in [-0.4, -0.2) is 16.1 Å². The zero-order chi connectivity index (χ0) is 18.6. The number of nitrogens with zero attached hydrogens (tertiary/aromatic N) is 2. The van der Waals surface area contributed by atoms with Crippen LogP contribution >= 0.6 is 0 Å². The van der Waals surface area contributed by atoms with E-state index in [4.69, 9.17) is 5.73 Å². The number of carbonyl (C=O) groups is 1. The van der Waals surface area contributed by atoms with Gasteiger partial charge in [-0.15, -0.1) is 10.2 Å². The Hall–Kier alpha value is -3.01. The molecule has 0 fully saturated rings. The van der Waals surface area contributed by atoms with Crippen molar-refractivity contribution in [3.8, 4) is 22.4 Å². The topological polar surface area (TPSA) is 68.9 Å². The number of aromatic nitrogens is 2. The number of primary amides is 1. The van der Waals surface area contributed by atoms with E-state index in [0.717, 1.165) is 27.9 Å². The molecule has 3 aromatic rings. The van der Waals surface area contributed by atoms with E-state index in [-0.39, 0.29) is 5.69 Å². The summed E-state index contributed by atoms with van der Waals surface area (Å²) in [5.41, 5.74) is 16.8. The van der Waals surface area contributed by atoms with Gasteiger partial charge in [0.2, 0.25) is 0 Å². The Balaban J connectivity index is 2.08. The third-order valence-electron chi connectivity index (χ3n) is 5.52. The summed E-state index contributed by atoms with van der Waals surface area (Å²) in [6, 6.07) is 10.6. The van der Waals surface area contributed by atoms with E-state index in [2.05, 4.69) is 62.2 Å². The van der Waals surface area contributed by atoms with Gasteiger partial charge in [-0.25, -0.2) is 0 Å². The van der Waals surface area contributed by atoms with Crippen molar-refractivity contribution in [1.29, 1.82) is 0 Å². The Labute approximate surface area is 153 Å². The van der Waals surface area contributed by atoms with Crippen molar-refractivity contribution < 1.29 is 4.79 Å². The van der Waals surface area contributed by atoms with Crippen molar-refractivity contribution in [2.24, 2.45) is 5.73 Å². The minimum Gasteiger partial charge on any atom is -0.364 e. The lowest BCUT2D eigenvalue weighted by atomic mass is 9.93. The molecule has 1 heterocycles. The first-order valence-electron chi connectivity index (χ1n) is 8.75. The molecule has 130 valence electrons. The van der Waals surface area contributed by atoms with Gasteiger partial charge in [0, 0.05) is 17.5 Å². The predicted octanol–water partition coefficient (Wildman–Crippen LogP) is 4.05. The van der Waals surface area contributed by atoms with E-state index in [1.807, 2.05) is 6.07 Å². The molecule has 4 rings (SSSR count). The van der Waals surface area contributed by atoms with Crippen LogP contribution in [-0.2, 0) is 6.42 Å². The molecule has 1 aliphatic rings. The van der Waals surface area contributed by atoms with Gasteiger partial charge in [-0.3, -0.25) is 4.79 Å². The summed E-state index contributed by atoms with van der Waals surface area (Å²) >= 11 is 0. The summed E-state index contributed by atoms with van der Waals surface area (Å²) in [7, 11) is 0. The molecule has 0 saturated heterocycles. The van der Waals surface area contributed by atoms with Crippen LogP contribution in [0.5, 0.6) is 0 Å². The summed E-state index contributed by atoms with van der Waals surface area (Å²) in [5, 5.41) is 8.64. The van der Waals surface area contributed by atoms with Gasteiger partial charge in [-0.05, 0) is 66.6 Å². The molecule has 0 unspecified atom stereocenters. The van der Waals surface area contributed by atoms with Crippen molar-refractivity contribution in [2.45, 2.75) is 34.1 Å². The summed E-state index contributed by atoms with van der Waals surface area (Å²) < 4.78 is 0. The van der Waals surface area contributed by atoms with Crippen LogP contribution in [0.1, 0.15) is 43.9 Å². The van der Waals surface area contributed by atoms with Crippen LogP contribution in [0.2, 0.25) is 0 Å². The number of amides is 1. The van der Waals surface area contributed by atoms with Gasteiger partial charge in [0.1, 0.15) is 5.69 Å². The fourth-order valence-electron chi connectivity index (χ4n) is 3.77. The van der Waals surface area contributed by atoms with Crippen LogP contribution in [0.25, 0.3) is 22.4 Å². The quantitative estimate of drug-likeness (QED) is 0.597. The van der Waals surface area contributed by atoms with E-state index in [0.29, 0.717) is 6.42 Å². The van der Waals surface area contributed by atoms with E-state index < -0.39 is 5.91 Å². The van der Waals surface area contributed by atoms with Gasteiger partial charge in [0.15, 0.2) is 5.69 Å². The fourth-order valence-corrected chi connectivity index (χ4v) is 3.77. The van der Waals surface area contributed by atoms with Gasteiger partial charge in [-0.2, -0.15) is 0 Å². The molecule has 2 N–H and O–H groups in total. The summed E-state index contributed by atoms with van der Waals surface area (Å²) in [5.74, 6) is -0.525. The molecule has 4 nitrogen and oxygen atoms in total. The number of nitrogens with two attached hydrogens (primary N) is 1. The van der Waals surface area contributed by atoms with Crippen LogP contribution in [0.4, 0.5) is 0 Å². The maximum absolute atomic E-state index is 11.9. The monoisotopic (exact) mass is 343 g/mol. The average molecular weight is 343 g/mol. The van der Waals surface area contributed by atoms with Gasteiger partial charge >= 0.3 is 0 Å². The Morgan fingerprint density at radius 2 is 1.69 bits per heavy atom. The molecule has 26 heavy (non-hydrogen) atoms. The minimum absolute atomic E-state index is 0.278. The molecule has 1 aliphatic carbocycles. The smallest absolute Gasteiger partial charge is 0.269 e. The van der Waals surface area contributed by atoms with E-state index in [1.165, 1.54) is 27.8 Å². The number of aryl methyl sites for hydroxylation is 3. The Morgan fingerprint density at radius 1 is 0.962 bits per heavy atom. The highest BCUT2D eigenvalue weighted by Gasteiger charge is 2.29. The number of carbonyl (C=O) groups excluding carboxylic acids is 1. The SMILES string of the molecule is Cc1cc2c(cc1C)-c1c(-c3cccc(C)c3C)nnc(C(N)=O)c1C2. The lowest BCUT2D eigenvalue weighted by molar-refractivity contribution is 0.0994. The van der Waals surface area contributed by atoms with E-state index >= 15 is 0 Å². The maximum Gasteiger partial charge on any atom is 0.269 e. The van der Waals surface area contributed by atoms with E-state index in [1.54, 1.807) is 0 Å². The highest BCUT2D eigenvalue weighted by Crippen LogP contribution is 2.44. The predicted molar refractivity (Wildman–Crippen MR) is 103 cm³/mol. The first-order chi connectivity index (χ1) is 12.4. The fraction of sp³-hybridized carbons (Fsp3) is 0.227. The Morgan fingerprint density at radius 3 is 2.42 bits per heavy atom. The molecule has 0 radical (unpaired) electrons. The van der Waals surface area contributed by atoms with Gasteiger partial charge in [-0.1, -0.05) is 30.3 Å². The highest BCUT2D eigenvalue weighted by molar-refractivity contribution is 5.99. The average Bonchev–Trinajstić information content (AvgIpc) is 2.95. The summed E-state index contributed by atoms with van der Waals surface area (Å²) in [6.45, 7) is 8.40. The molecule has 2 aromatic carbocycles. The molecular weight excluding hydrogens is 322 g/mol. The van der Waals surface area contributed by atoms with Crippen molar-refractivity contribution >= 4 is 5.91 Å². The second-order valence-electron chi connectivity index (χ2n) is 7.13. The lowest BCUT2D eigenvalue weighted by Crippen LogP contribution is -2.17. The standard InChI is InChI=1S/C22H21N3O/c1-11-6-5-7-16(14(11)4)20-19-17-9-13(3)12(2)8-15(17)10-18(19)21(22(23)26)25-24-20/h5-9H,10H2,1-4H3,(H2,23,26). The molecule has 0 aliphatic heterocycles. The maximum atomic E-state index is 11.9. The molecule has 0 bridgehead atoms. The zero-order valence-electron chi connectivity index (χ0n) is 15.5. The van der Waals surface area contributed by atoms with Crippen molar-refractivity contribution in [3.05, 3.63) is 69.4 Å². The highest BCUT2D eigenvalue weighted by atomic mass is 16.1.